The lowest BCUT2D eigenvalue weighted by Gasteiger charge is -2.27. The molecule has 7 nitrogen and oxygen atoms in total. The zero-order valence-electron chi connectivity index (χ0n) is 16.4. The van der Waals surface area contributed by atoms with Crippen molar-refractivity contribution in [1.82, 2.24) is 14.7 Å². The third-order valence-electron chi connectivity index (χ3n) is 4.80. The van der Waals surface area contributed by atoms with Gasteiger partial charge in [-0.1, -0.05) is 29.8 Å². The van der Waals surface area contributed by atoms with E-state index in [0.29, 0.717) is 29.3 Å². The molecule has 0 unspecified atom stereocenters. The van der Waals surface area contributed by atoms with Gasteiger partial charge in [0.05, 0.1) is 24.5 Å². The highest BCUT2D eigenvalue weighted by molar-refractivity contribution is 6.30. The number of amides is 1. The Balaban J connectivity index is 1.65. The molecule has 0 N–H and O–H groups in total. The number of para-hydroxylation sites is 1. The summed E-state index contributed by atoms with van der Waals surface area (Å²) in [6.07, 6.45) is 0.0507. The van der Waals surface area contributed by atoms with Gasteiger partial charge in [0.1, 0.15) is 5.75 Å². The summed E-state index contributed by atoms with van der Waals surface area (Å²) in [5.74, 6) is -0.0458. The number of carbonyl (C=O) groups excluding carboxylic acids is 2. The minimum Gasteiger partial charge on any atom is -0.461 e. The summed E-state index contributed by atoms with van der Waals surface area (Å²) in [6, 6.07) is 16.1. The molecule has 0 fully saturated rings. The first-order valence-corrected chi connectivity index (χ1v) is 10.00. The van der Waals surface area contributed by atoms with Gasteiger partial charge in [-0.25, -0.2) is 14.3 Å². The summed E-state index contributed by atoms with van der Waals surface area (Å²) < 4.78 is 12.4. The van der Waals surface area contributed by atoms with Gasteiger partial charge in [0.2, 0.25) is 0 Å². The maximum atomic E-state index is 12.6. The first-order valence-electron chi connectivity index (χ1n) is 9.62. The molecule has 1 aromatic heterocycles. The Hall–Kier alpha value is -3.32. The second kappa shape index (κ2) is 8.59. The van der Waals surface area contributed by atoms with Crippen LogP contribution in [0.25, 0.3) is 5.69 Å². The van der Waals surface area contributed by atoms with E-state index in [-0.39, 0.29) is 18.8 Å². The standard InChI is InChI=1S/C22H20ClN3O4/c1-2-29-21(27)20-18-14-25(22(28)30-17-6-4-3-5-7-17)13-12-19(18)26(24-20)16-10-8-15(23)9-11-16/h3-11H,2,12-14H2,1H3. The topological polar surface area (TPSA) is 73.7 Å². The molecule has 2 aromatic carbocycles. The van der Waals surface area contributed by atoms with E-state index in [9.17, 15) is 9.59 Å². The lowest BCUT2D eigenvalue weighted by Crippen LogP contribution is -2.38. The summed E-state index contributed by atoms with van der Waals surface area (Å²) >= 11 is 6.00. The van der Waals surface area contributed by atoms with Crippen molar-refractivity contribution in [3.63, 3.8) is 0 Å². The molecule has 1 aliphatic heterocycles. The van der Waals surface area contributed by atoms with E-state index < -0.39 is 12.1 Å². The first-order chi connectivity index (χ1) is 14.6. The molecule has 154 valence electrons. The molecule has 8 heteroatoms. The lowest BCUT2D eigenvalue weighted by molar-refractivity contribution is 0.0515. The van der Waals surface area contributed by atoms with Gasteiger partial charge < -0.3 is 14.4 Å². The monoisotopic (exact) mass is 425 g/mol. The molecule has 0 spiro atoms. The fourth-order valence-corrected chi connectivity index (χ4v) is 3.51. The molecular weight excluding hydrogens is 406 g/mol. The van der Waals surface area contributed by atoms with Crippen LogP contribution in [0, 0.1) is 0 Å². The maximum absolute atomic E-state index is 12.6. The number of aromatic nitrogens is 2. The fourth-order valence-electron chi connectivity index (χ4n) is 3.39. The molecule has 1 aliphatic rings. The van der Waals surface area contributed by atoms with Crippen molar-refractivity contribution in [1.29, 1.82) is 0 Å². The highest BCUT2D eigenvalue weighted by Crippen LogP contribution is 2.27. The summed E-state index contributed by atoms with van der Waals surface area (Å²) in [7, 11) is 0. The SMILES string of the molecule is CCOC(=O)c1nn(-c2ccc(Cl)cc2)c2c1CN(C(=O)Oc1ccccc1)CC2. The molecule has 0 saturated heterocycles. The molecule has 2 heterocycles. The quantitative estimate of drug-likeness (QED) is 0.584. The number of carbonyl (C=O) groups is 2. The average Bonchev–Trinajstić information content (AvgIpc) is 3.14. The number of halogens is 1. The van der Waals surface area contributed by atoms with Gasteiger partial charge in [-0.2, -0.15) is 5.10 Å². The van der Waals surface area contributed by atoms with Crippen LogP contribution in [0.4, 0.5) is 4.79 Å². The number of rotatable bonds is 4. The van der Waals surface area contributed by atoms with E-state index >= 15 is 0 Å². The van der Waals surface area contributed by atoms with Crippen LogP contribution in [0.1, 0.15) is 28.7 Å². The Morgan fingerprint density at radius 2 is 1.83 bits per heavy atom. The van der Waals surface area contributed by atoms with Crippen LogP contribution in [0.15, 0.2) is 54.6 Å². The average molecular weight is 426 g/mol. The Morgan fingerprint density at radius 3 is 2.53 bits per heavy atom. The van der Waals surface area contributed by atoms with Gasteiger partial charge in [0, 0.05) is 23.6 Å². The number of esters is 1. The molecule has 3 aromatic rings. The highest BCUT2D eigenvalue weighted by Gasteiger charge is 2.32. The normalized spacial score (nSPS) is 12.9. The summed E-state index contributed by atoms with van der Waals surface area (Å²) in [6.45, 7) is 2.63. The zero-order valence-corrected chi connectivity index (χ0v) is 17.1. The summed E-state index contributed by atoms with van der Waals surface area (Å²) in [5.41, 5.74) is 2.52. The molecular formula is C22H20ClN3O4. The van der Waals surface area contributed by atoms with Gasteiger partial charge in [-0.3, -0.25) is 0 Å². The van der Waals surface area contributed by atoms with Crippen molar-refractivity contribution >= 4 is 23.7 Å². The van der Waals surface area contributed by atoms with Crippen LogP contribution >= 0.6 is 11.6 Å². The number of hydrogen-bond acceptors (Lipinski definition) is 5. The number of ether oxygens (including phenoxy) is 2. The van der Waals surface area contributed by atoms with Crippen LogP contribution < -0.4 is 4.74 Å². The molecule has 1 amide bonds. The predicted octanol–water partition coefficient (Wildman–Crippen LogP) is 4.26. The molecule has 0 bridgehead atoms. The molecule has 0 radical (unpaired) electrons. The van der Waals surface area contributed by atoms with Crippen LogP contribution in [0.5, 0.6) is 5.75 Å². The van der Waals surface area contributed by atoms with E-state index in [1.807, 2.05) is 18.2 Å². The van der Waals surface area contributed by atoms with Gasteiger partial charge >= 0.3 is 12.1 Å². The van der Waals surface area contributed by atoms with Crippen molar-refractivity contribution in [2.75, 3.05) is 13.2 Å². The molecule has 0 saturated carbocycles. The molecule has 0 aliphatic carbocycles. The van der Waals surface area contributed by atoms with Gasteiger partial charge in [0.15, 0.2) is 5.69 Å². The third kappa shape index (κ3) is 4.02. The summed E-state index contributed by atoms with van der Waals surface area (Å²) in [5, 5.41) is 5.12. The Kier molecular flexibility index (Phi) is 5.72. The molecule has 0 atom stereocenters. The lowest BCUT2D eigenvalue weighted by atomic mass is 10.1. The Labute approximate surface area is 178 Å². The second-order valence-corrected chi connectivity index (χ2v) is 7.17. The number of hydrogen-bond donors (Lipinski definition) is 0. The minimum atomic E-state index is -0.514. The van der Waals surface area contributed by atoms with Gasteiger partial charge in [0.25, 0.3) is 0 Å². The van der Waals surface area contributed by atoms with Crippen molar-refractivity contribution in [3.05, 3.63) is 76.6 Å². The van der Waals surface area contributed by atoms with E-state index in [4.69, 9.17) is 21.1 Å². The summed E-state index contributed by atoms with van der Waals surface area (Å²) in [4.78, 5) is 26.7. The Morgan fingerprint density at radius 1 is 1.10 bits per heavy atom. The van der Waals surface area contributed by atoms with E-state index in [1.165, 1.54) is 0 Å². The van der Waals surface area contributed by atoms with Crippen LogP contribution in [-0.2, 0) is 17.7 Å². The van der Waals surface area contributed by atoms with Gasteiger partial charge in [-0.05, 0) is 43.3 Å². The largest absolute Gasteiger partial charge is 0.461 e. The number of fused-ring (bicyclic) bond motifs is 1. The smallest absolute Gasteiger partial charge is 0.415 e. The van der Waals surface area contributed by atoms with E-state index in [0.717, 1.165) is 11.4 Å². The molecule has 4 rings (SSSR count). The minimum absolute atomic E-state index is 0.207. The second-order valence-electron chi connectivity index (χ2n) is 6.74. The van der Waals surface area contributed by atoms with E-state index in [1.54, 1.807) is 52.9 Å². The maximum Gasteiger partial charge on any atom is 0.415 e. The van der Waals surface area contributed by atoms with Crippen LogP contribution in [0.2, 0.25) is 5.02 Å². The predicted molar refractivity (Wildman–Crippen MR) is 111 cm³/mol. The van der Waals surface area contributed by atoms with Crippen molar-refractivity contribution in [2.24, 2.45) is 0 Å². The van der Waals surface area contributed by atoms with Crippen molar-refractivity contribution in [2.45, 2.75) is 19.9 Å². The highest BCUT2D eigenvalue weighted by atomic mass is 35.5. The van der Waals surface area contributed by atoms with Crippen molar-refractivity contribution < 1.29 is 19.1 Å². The van der Waals surface area contributed by atoms with E-state index in [2.05, 4.69) is 5.10 Å². The zero-order chi connectivity index (χ0) is 21.1. The first kappa shape index (κ1) is 20.0. The number of nitrogens with zero attached hydrogens (tertiary/aromatic N) is 3. The van der Waals surface area contributed by atoms with Crippen LogP contribution in [0.3, 0.4) is 0 Å². The Bertz CT molecular complexity index is 1060. The third-order valence-corrected chi connectivity index (χ3v) is 5.06. The fraction of sp³-hybridized carbons (Fsp3) is 0.227. The van der Waals surface area contributed by atoms with Crippen molar-refractivity contribution in [3.8, 4) is 11.4 Å². The molecule has 30 heavy (non-hydrogen) atoms. The number of benzene rings is 2. The van der Waals surface area contributed by atoms with Crippen LogP contribution in [-0.4, -0.2) is 39.9 Å². The van der Waals surface area contributed by atoms with Gasteiger partial charge in [-0.15, -0.1) is 0 Å².